The van der Waals surface area contributed by atoms with Crippen molar-refractivity contribution in [2.45, 2.75) is 39.7 Å². The third-order valence-electron chi connectivity index (χ3n) is 5.72. The Labute approximate surface area is 175 Å². The topological polar surface area (TPSA) is 80.1 Å². The minimum absolute atomic E-state index is 0.0418. The number of piperidine rings is 1. The number of ketones is 1. The summed E-state index contributed by atoms with van der Waals surface area (Å²) in [6.07, 6.45) is 5.50. The molecular formula is C23H27N5O2. The first kappa shape index (κ1) is 20.1. The molecule has 2 aromatic heterocycles. The van der Waals surface area contributed by atoms with Gasteiger partial charge in [-0.3, -0.25) is 14.2 Å². The molecule has 0 radical (unpaired) electrons. The first-order valence-electron chi connectivity index (χ1n) is 10.5. The predicted molar refractivity (Wildman–Crippen MR) is 119 cm³/mol. The van der Waals surface area contributed by atoms with Crippen LogP contribution in [0.1, 0.15) is 33.1 Å². The summed E-state index contributed by atoms with van der Waals surface area (Å²) < 4.78 is 1.55. The maximum absolute atomic E-state index is 12.4. The van der Waals surface area contributed by atoms with E-state index in [-0.39, 0.29) is 17.3 Å². The number of carbonyl (C=O) groups excluding carboxylic acids is 1. The van der Waals surface area contributed by atoms with Crippen LogP contribution in [0.4, 0.5) is 17.3 Å². The van der Waals surface area contributed by atoms with Gasteiger partial charge in [0, 0.05) is 54.6 Å². The lowest BCUT2D eigenvalue weighted by Crippen LogP contribution is -2.29. The van der Waals surface area contributed by atoms with Gasteiger partial charge in [0.15, 0.2) is 0 Å². The maximum Gasteiger partial charge on any atom is 0.252 e. The molecule has 1 fully saturated rings. The van der Waals surface area contributed by atoms with Gasteiger partial charge < -0.3 is 10.2 Å². The fraction of sp³-hybridized carbons (Fsp3) is 0.391. The first-order valence-corrected chi connectivity index (χ1v) is 10.5. The highest BCUT2D eigenvalue weighted by atomic mass is 16.1. The van der Waals surface area contributed by atoms with Crippen molar-refractivity contribution in [3.63, 3.8) is 0 Å². The maximum atomic E-state index is 12.4. The molecule has 1 unspecified atom stereocenters. The van der Waals surface area contributed by atoms with Gasteiger partial charge in [-0.15, -0.1) is 0 Å². The molecule has 0 spiro atoms. The number of fused-ring (bicyclic) bond motifs is 1. The van der Waals surface area contributed by atoms with Crippen LogP contribution < -0.4 is 15.8 Å². The van der Waals surface area contributed by atoms with E-state index in [4.69, 9.17) is 0 Å². The molecule has 0 aliphatic carbocycles. The second kappa shape index (κ2) is 8.65. The smallest absolute Gasteiger partial charge is 0.252 e. The van der Waals surface area contributed by atoms with Crippen LogP contribution >= 0.6 is 0 Å². The minimum atomic E-state index is -0.262. The lowest BCUT2D eigenvalue weighted by atomic mass is 10.1. The zero-order valence-electron chi connectivity index (χ0n) is 17.5. The molecule has 1 aliphatic heterocycles. The van der Waals surface area contributed by atoms with E-state index in [1.807, 2.05) is 19.1 Å². The van der Waals surface area contributed by atoms with Gasteiger partial charge in [-0.2, -0.15) is 4.98 Å². The van der Waals surface area contributed by atoms with Crippen molar-refractivity contribution in [2.75, 3.05) is 23.3 Å². The van der Waals surface area contributed by atoms with Crippen LogP contribution in [-0.4, -0.2) is 33.4 Å². The third kappa shape index (κ3) is 4.35. The standard InChI is InChI=1S/C23H27N5O2/c1-16(17(2)29)15-28-21(30)11-6-18-14-24-23(26-22(18)28)25-19-7-9-20(10-8-19)27-12-4-3-5-13-27/h6-11,14,16H,3-5,12-13,15H2,1-2H3,(H,24,25,26). The summed E-state index contributed by atoms with van der Waals surface area (Å²) in [5, 5.41) is 3.99. The number of Topliss-reactive ketones (excluding diaryl/α,β-unsaturated/α-hetero) is 1. The van der Waals surface area contributed by atoms with Crippen LogP contribution in [0.3, 0.4) is 0 Å². The number of pyridine rings is 1. The summed E-state index contributed by atoms with van der Waals surface area (Å²) in [7, 11) is 0. The number of carbonyl (C=O) groups is 1. The van der Waals surface area contributed by atoms with E-state index in [1.165, 1.54) is 37.9 Å². The van der Waals surface area contributed by atoms with Crippen molar-refractivity contribution in [1.82, 2.24) is 14.5 Å². The van der Waals surface area contributed by atoms with Gasteiger partial charge in [-0.1, -0.05) is 6.92 Å². The van der Waals surface area contributed by atoms with Gasteiger partial charge in [-0.05, 0) is 56.5 Å². The molecule has 4 rings (SSSR count). The van der Waals surface area contributed by atoms with E-state index < -0.39 is 0 Å². The molecule has 7 nitrogen and oxygen atoms in total. The van der Waals surface area contributed by atoms with Gasteiger partial charge in [0.05, 0.1) is 0 Å². The van der Waals surface area contributed by atoms with E-state index >= 15 is 0 Å². The molecule has 1 aromatic carbocycles. The van der Waals surface area contributed by atoms with Gasteiger partial charge in [0.1, 0.15) is 11.4 Å². The Hall–Kier alpha value is -3.22. The molecule has 1 aliphatic rings. The molecule has 7 heteroatoms. The van der Waals surface area contributed by atoms with Gasteiger partial charge in [-0.25, -0.2) is 4.98 Å². The zero-order chi connectivity index (χ0) is 21.1. The van der Waals surface area contributed by atoms with Crippen molar-refractivity contribution in [3.05, 3.63) is 52.9 Å². The molecule has 30 heavy (non-hydrogen) atoms. The van der Waals surface area contributed by atoms with E-state index in [9.17, 15) is 9.59 Å². The quantitative estimate of drug-likeness (QED) is 0.673. The van der Waals surface area contributed by atoms with Crippen LogP contribution in [0.2, 0.25) is 0 Å². The van der Waals surface area contributed by atoms with E-state index in [0.717, 1.165) is 24.2 Å². The summed E-state index contributed by atoms with van der Waals surface area (Å²) in [6.45, 7) is 5.87. The molecule has 3 heterocycles. The van der Waals surface area contributed by atoms with Crippen molar-refractivity contribution in [1.29, 1.82) is 0 Å². The lowest BCUT2D eigenvalue weighted by Gasteiger charge is -2.28. The minimum Gasteiger partial charge on any atom is -0.372 e. The SMILES string of the molecule is CC(=O)C(C)Cn1c(=O)ccc2cnc(Nc3ccc(N4CCCCC4)cc3)nc21. The Morgan fingerprint density at radius 3 is 2.53 bits per heavy atom. The van der Waals surface area contributed by atoms with Gasteiger partial charge in [0.2, 0.25) is 5.95 Å². The van der Waals surface area contributed by atoms with Crippen molar-refractivity contribution in [3.8, 4) is 0 Å². The number of hydrogen-bond donors (Lipinski definition) is 1. The summed E-state index contributed by atoms with van der Waals surface area (Å²) in [5.41, 5.74) is 2.47. The van der Waals surface area contributed by atoms with E-state index in [0.29, 0.717) is 18.1 Å². The summed E-state index contributed by atoms with van der Waals surface area (Å²) in [4.78, 5) is 35.5. The number of hydrogen-bond acceptors (Lipinski definition) is 6. The summed E-state index contributed by atoms with van der Waals surface area (Å²) in [5.74, 6) is 0.199. The molecule has 3 aromatic rings. The predicted octanol–water partition coefficient (Wildman–Crippen LogP) is 3.75. The molecule has 0 saturated carbocycles. The second-order valence-electron chi connectivity index (χ2n) is 7.99. The van der Waals surface area contributed by atoms with Crippen molar-refractivity contribution < 1.29 is 4.79 Å². The summed E-state index contributed by atoms with van der Waals surface area (Å²) in [6, 6.07) is 11.5. The molecule has 1 N–H and O–H groups in total. The number of rotatable bonds is 6. The van der Waals surface area contributed by atoms with E-state index in [2.05, 4.69) is 32.3 Å². The Kier molecular flexibility index (Phi) is 5.79. The second-order valence-corrected chi connectivity index (χ2v) is 7.99. The fourth-order valence-electron chi connectivity index (χ4n) is 3.75. The van der Waals surface area contributed by atoms with Crippen LogP contribution in [-0.2, 0) is 11.3 Å². The Balaban J connectivity index is 1.58. The molecule has 156 valence electrons. The van der Waals surface area contributed by atoms with Crippen LogP contribution in [0.5, 0.6) is 0 Å². The molecule has 0 amide bonds. The number of aromatic nitrogens is 3. The van der Waals surface area contributed by atoms with Crippen LogP contribution in [0.25, 0.3) is 11.0 Å². The number of benzene rings is 1. The highest BCUT2D eigenvalue weighted by Gasteiger charge is 2.14. The van der Waals surface area contributed by atoms with Crippen LogP contribution in [0.15, 0.2) is 47.4 Å². The highest BCUT2D eigenvalue weighted by Crippen LogP contribution is 2.23. The Bertz CT molecular complexity index is 1100. The first-order chi connectivity index (χ1) is 14.5. The number of nitrogens with zero attached hydrogens (tertiary/aromatic N) is 4. The van der Waals surface area contributed by atoms with Crippen LogP contribution in [0, 0.1) is 5.92 Å². The number of nitrogens with one attached hydrogen (secondary N) is 1. The normalized spacial score (nSPS) is 15.2. The molecule has 1 saturated heterocycles. The molecule has 0 bridgehead atoms. The van der Waals surface area contributed by atoms with Gasteiger partial charge >= 0.3 is 0 Å². The van der Waals surface area contributed by atoms with Gasteiger partial charge in [0.25, 0.3) is 5.56 Å². The van der Waals surface area contributed by atoms with Crippen molar-refractivity contribution >= 4 is 34.1 Å². The summed E-state index contributed by atoms with van der Waals surface area (Å²) >= 11 is 0. The van der Waals surface area contributed by atoms with Crippen molar-refractivity contribution in [2.24, 2.45) is 5.92 Å². The van der Waals surface area contributed by atoms with E-state index in [1.54, 1.807) is 16.8 Å². The zero-order valence-corrected chi connectivity index (χ0v) is 17.5. The molecule has 1 atom stereocenters. The third-order valence-corrected chi connectivity index (χ3v) is 5.72. The largest absolute Gasteiger partial charge is 0.372 e. The highest BCUT2D eigenvalue weighted by molar-refractivity contribution is 5.79. The molecular weight excluding hydrogens is 378 g/mol. The average Bonchev–Trinajstić information content (AvgIpc) is 2.77. The number of anilines is 3. The lowest BCUT2D eigenvalue weighted by molar-refractivity contribution is -0.120. The average molecular weight is 406 g/mol. The Morgan fingerprint density at radius 2 is 1.83 bits per heavy atom. The fourth-order valence-corrected chi connectivity index (χ4v) is 3.75. The Morgan fingerprint density at radius 1 is 1.10 bits per heavy atom. The monoisotopic (exact) mass is 405 g/mol.